The molecule has 0 spiro atoms. The van der Waals surface area contributed by atoms with Crippen LogP contribution >= 0.6 is 0 Å². The van der Waals surface area contributed by atoms with Gasteiger partial charge in [-0.1, -0.05) is 6.07 Å². The number of nitrogens with zero attached hydrogens (tertiary/aromatic N) is 2. The predicted octanol–water partition coefficient (Wildman–Crippen LogP) is 1.74. The molecule has 0 atom stereocenters. The first-order valence-corrected chi connectivity index (χ1v) is 14.4. The van der Waals surface area contributed by atoms with Gasteiger partial charge in [0.05, 0.1) is 23.3 Å². The van der Waals surface area contributed by atoms with Gasteiger partial charge in [-0.05, 0) is 48.9 Å². The van der Waals surface area contributed by atoms with Gasteiger partial charge in [0.15, 0.2) is 35.4 Å². The monoisotopic (exact) mass is 656 g/mol. The lowest BCUT2D eigenvalue weighted by atomic mass is 10.1. The van der Waals surface area contributed by atoms with Gasteiger partial charge in [0.2, 0.25) is 19.4 Å². The zero-order valence-corrected chi connectivity index (χ0v) is 25.0. The van der Waals surface area contributed by atoms with Crippen molar-refractivity contribution < 1.29 is 42.8 Å². The van der Waals surface area contributed by atoms with Crippen LogP contribution in [0.15, 0.2) is 52.1 Å². The first kappa shape index (κ1) is 30.0. The molecule has 8 rings (SSSR count). The maximum Gasteiger partial charge on any atom is 0.374 e. The number of hydrogen-bond acceptors (Lipinski definition) is 13. The second-order valence-electron chi connectivity index (χ2n) is 10.3. The number of H-pyrrole nitrogens is 2. The molecule has 0 radical (unpaired) electrons. The van der Waals surface area contributed by atoms with Crippen LogP contribution in [0.2, 0.25) is 0 Å². The summed E-state index contributed by atoms with van der Waals surface area (Å²) in [7, 11) is 0. The van der Waals surface area contributed by atoms with Gasteiger partial charge < -0.3 is 49.0 Å². The number of fused-ring (bicyclic) bond motifs is 7. The molecule has 3 aliphatic rings. The lowest BCUT2D eigenvalue weighted by Crippen LogP contribution is -2.28. The Kier molecular flexibility index (Phi) is 7.68. The Bertz CT molecular complexity index is 2260. The van der Waals surface area contributed by atoms with Crippen molar-refractivity contribution in [2.75, 3.05) is 32.1 Å². The van der Waals surface area contributed by atoms with E-state index in [1.54, 1.807) is 49.4 Å². The van der Waals surface area contributed by atoms with Crippen LogP contribution in [0.5, 0.6) is 28.7 Å². The highest BCUT2D eigenvalue weighted by Gasteiger charge is 2.23. The van der Waals surface area contributed by atoms with Gasteiger partial charge in [0, 0.05) is 6.54 Å². The van der Waals surface area contributed by atoms with E-state index in [4.69, 9.17) is 28.4 Å². The first-order chi connectivity index (χ1) is 23.3. The number of hydrogen-bond donors (Lipinski definition) is 4. The summed E-state index contributed by atoms with van der Waals surface area (Å²) in [6.07, 6.45) is 0. The lowest BCUT2D eigenvalue weighted by molar-refractivity contribution is -0.118. The van der Waals surface area contributed by atoms with E-state index in [2.05, 4.69) is 30.6 Å². The Morgan fingerprint density at radius 1 is 0.792 bits per heavy atom. The van der Waals surface area contributed by atoms with Crippen molar-refractivity contribution in [3.8, 4) is 28.7 Å². The molecule has 5 heterocycles. The number of aromatic amines is 2. The molecular formula is C31H24N6O11. The third-order valence-electron chi connectivity index (χ3n) is 7.23. The molecule has 3 aromatic carbocycles. The molecule has 2 aromatic heterocycles. The summed E-state index contributed by atoms with van der Waals surface area (Å²) in [5.74, 6) is 0.502. The summed E-state index contributed by atoms with van der Waals surface area (Å²) in [5.41, 5.74) is 1.02. The number of rotatable bonds is 5. The zero-order chi connectivity index (χ0) is 33.4. The highest BCUT2D eigenvalue weighted by molar-refractivity contribution is 5.96. The molecule has 17 nitrogen and oxygen atoms in total. The molecule has 2 amide bonds. The summed E-state index contributed by atoms with van der Waals surface area (Å²) in [6.45, 7) is 2.13. The average Bonchev–Trinajstić information content (AvgIpc) is 3.77. The van der Waals surface area contributed by atoms with Crippen molar-refractivity contribution in [3.63, 3.8) is 0 Å². The molecular weight excluding hydrogens is 632 g/mol. The molecule has 0 fully saturated rings. The second-order valence-corrected chi connectivity index (χ2v) is 10.3. The standard InChI is InChI=1S/C19H14N4O6.C12H10N2O5/c24-14-7-27-12-3-1-9(5-11(12)21-14)6-20-19(26)17-22-10-2-4-13-16(29-8-28-13)15(10)18(25)23-17;1-2-17-12(16)10-13-6-3-4-7-9(19-5-18-7)8(6)11(15)14-10/h1-5H,6-8H2,(H,20,26)(H,21,24)(H,22,23,25);3-4H,2,5H2,1H3,(H,13,14,15). The highest BCUT2D eigenvalue weighted by Crippen LogP contribution is 2.37. The molecule has 0 bridgehead atoms. The molecule has 0 saturated carbocycles. The number of carbonyl (C=O) groups excluding carboxylic acids is 3. The molecule has 4 N–H and O–H groups in total. The third-order valence-corrected chi connectivity index (χ3v) is 7.23. The predicted molar refractivity (Wildman–Crippen MR) is 165 cm³/mol. The van der Waals surface area contributed by atoms with Crippen LogP contribution in [0.1, 0.15) is 33.7 Å². The number of anilines is 1. The van der Waals surface area contributed by atoms with Crippen LogP contribution in [0, 0.1) is 0 Å². The van der Waals surface area contributed by atoms with Gasteiger partial charge in [-0.25, -0.2) is 14.8 Å². The normalized spacial score (nSPS) is 13.6. The fourth-order valence-corrected chi connectivity index (χ4v) is 5.10. The van der Waals surface area contributed by atoms with E-state index in [9.17, 15) is 24.0 Å². The summed E-state index contributed by atoms with van der Waals surface area (Å²) in [6, 6.07) is 11.7. The molecule has 0 aliphatic carbocycles. The minimum Gasteiger partial charge on any atom is -0.482 e. The highest BCUT2D eigenvalue weighted by atomic mass is 16.7. The van der Waals surface area contributed by atoms with Gasteiger partial charge in [0.25, 0.3) is 22.9 Å². The number of esters is 1. The topological polar surface area (TPSA) is 222 Å². The average molecular weight is 657 g/mol. The minimum atomic E-state index is -0.667. The van der Waals surface area contributed by atoms with Crippen molar-refractivity contribution >= 4 is 45.3 Å². The van der Waals surface area contributed by atoms with Gasteiger partial charge in [-0.15, -0.1) is 0 Å². The Labute approximate surface area is 268 Å². The Morgan fingerprint density at radius 3 is 2.04 bits per heavy atom. The maximum atomic E-state index is 12.5. The summed E-state index contributed by atoms with van der Waals surface area (Å²) in [5, 5.41) is 5.91. The number of ether oxygens (including phenoxy) is 6. The van der Waals surface area contributed by atoms with Gasteiger partial charge >= 0.3 is 5.97 Å². The molecule has 17 heteroatoms. The summed E-state index contributed by atoms with van der Waals surface area (Å²) in [4.78, 5) is 73.1. The van der Waals surface area contributed by atoms with Crippen molar-refractivity contribution in [2.45, 2.75) is 13.5 Å². The number of aromatic nitrogens is 4. The van der Waals surface area contributed by atoms with Crippen LogP contribution in [0.3, 0.4) is 0 Å². The van der Waals surface area contributed by atoms with Gasteiger partial charge in [-0.3, -0.25) is 19.2 Å². The van der Waals surface area contributed by atoms with Crippen molar-refractivity contribution in [3.05, 3.63) is 80.4 Å². The summed E-state index contributed by atoms with van der Waals surface area (Å²) < 4.78 is 31.1. The number of nitrogens with one attached hydrogen (secondary N) is 4. The SMILES string of the molecule is CCOC(=O)c1nc2ccc3c(c2c(=O)[nH]1)OCO3.O=C1COc2ccc(CNC(=O)c3nc4ccc5c(c4c(=O)[nH]3)OCO5)cc2N1. The molecule has 48 heavy (non-hydrogen) atoms. The van der Waals surface area contributed by atoms with Crippen LogP contribution < -0.4 is 45.4 Å². The Morgan fingerprint density at radius 2 is 1.40 bits per heavy atom. The van der Waals surface area contributed by atoms with Crippen LogP contribution in [0.25, 0.3) is 21.8 Å². The zero-order valence-electron chi connectivity index (χ0n) is 25.0. The Hall–Kier alpha value is -6.65. The van der Waals surface area contributed by atoms with E-state index in [1.807, 2.05) is 0 Å². The van der Waals surface area contributed by atoms with E-state index in [0.717, 1.165) is 5.56 Å². The van der Waals surface area contributed by atoms with Gasteiger partial charge in [-0.2, -0.15) is 0 Å². The molecule has 0 saturated heterocycles. The lowest BCUT2D eigenvalue weighted by Gasteiger charge is -2.18. The van der Waals surface area contributed by atoms with E-state index >= 15 is 0 Å². The van der Waals surface area contributed by atoms with Crippen LogP contribution in [-0.4, -0.2) is 64.5 Å². The Balaban J connectivity index is 0.000000166. The largest absolute Gasteiger partial charge is 0.482 e. The molecule has 3 aliphatic heterocycles. The van der Waals surface area contributed by atoms with Crippen molar-refractivity contribution in [1.29, 1.82) is 0 Å². The van der Waals surface area contributed by atoms with Gasteiger partial charge in [0.1, 0.15) is 16.5 Å². The van der Waals surface area contributed by atoms with E-state index in [1.165, 1.54) is 0 Å². The fourth-order valence-electron chi connectivity index (χ4n) is 5.10. The van der Waals surface area contributed by atoms with Crippen LogP contribution in [0.4, 0.5) is 5.69 Å². The van der Waals surface area contributed by atoms with Crippen LogP contribution in [-0.2, 0) is 16.1 Å². The minimum absolute atomic E-state index is 0.0234. The van der Waals surface area contributed by atoms with E-state index in [-0.39, 0.29) is 61.7 Å². The molecule has 244 valence electrons. The third kappa shape index (κ3) is 5.63. The molecule has 0 unspecified atom stereocenters. The first-order valence-electron chi connectivity index (χ1n) is 14.4. The second kappa shape index (κ2) is 12.3. The summed E-state index contributed by atoms with van der Waals surface area (Å²) >= 11 is 0. The maximum absolute atomic E-state index is 12.5. The number of carbonyl (C=O) groups is 3. The number of benzene rings is 3. The van der Waals surface area contributed by atoms with Crippen molar-refractivity contribution in [1.82, 2.24) is 25.3 Å². The molecule has 5 aromatic rings. The van der Waals surface area contributed by atoms with Crippen molar-refractivity contribution in [2.24, 2.45) is 0 Å². The number of amides is 2. The smallest absolute Gasteiger partial charge is 0.374 e. The van der Waals surface area contributed by atoms with E-state index in [0.29, 0.717) is 45.5 Å². The fraction of sp³-hybridized carbons (Fsp3) is 0.194. The quantitative estimate of drug-likeness (QED) is 0.198. The van der Waals surface area contributed by atoms with E-state index < -0.39 is 23.0 Å².